The predicted octanol–water partition coefficient (Wildman–Crippen LogP) is 3.82. The highest BCUT2D eigenvalue weighted by atomic mass is 127. The Hall–Kier alpha value is -1.67. The van der Waals surface area contributed by atoms with Crippen molar-refractivity contribution in [3.05, 3.63) is 57.4 Å². The first-order valence-electron chi connectivity index (χ1n) is 8.22. The molecule has 1 heterocycles. The highest BCUT2D eigenvalue weighted by molar-refractivity contribution is 14.1. The number of rotatable bonds is 4. The van der Waals surface area contributed by atoms with Gasteiger partial charge in [-0.05, 0) is 85.6 Å². The van der Waals surface area contributed by atoms with Gasteiger partial charge in [-0.2, -0.15) is 0 Å². The fourth-order valence-corrected chi connectivity index (χ4v) is 3.39. The van der Waals surface area contributed by atoms with Gasteiger partial charge in [0.15, 0.2) is 0 Å². The van der Waals surface area contributed by atoms with Crippen molar-refractivity contribution in [1.29, 1.82) is 0 Å². The van der Waals surface area contributed by atoms with Crippen LogP contribution in [-0.2, 0) is 0 Å². The van der Waals surface area contributed by atoms with E-state index in [1.165, 1.54) is 6.07 Å². The van der Waals surface area contributed by atoms with Crippen molar-refractivity contribution in [2.45, 2.75) is 12.5 Å². The topological polar surface area (TPSA) is 35.6 Å². The van der Waals surface area contributed by atoms with E-state index in [0.29, 0.717) is 23.0 Å². The number of nitrogens with zero attached hydrogens (tertiary/aromatic N) is 2. The van der Waals surface area contributed by atoms with Crippen LogP contribution in [0.5, 0.6) is 0 Å². The van der Waals surface area contributed by atoms with E-state index in [-0.39, 0.29) is 11.7 Å². The molecule has 132 valence electrons. The number of anilines is 2. The van der Waals surface area contributed by atoms with Gasteiger partial charge in [0.1, 0.15) is 5.82 Å². The van der Waals surface area contributed by atoms with Crippen molar-refractivity contribution >= 4 is 39.9 Å². The van der Waals surface area contributed by atoms with Crippen LogP contribution in [0.3, 0.4) is 0 Å². The molecule has 0 aliphatic carbocycles. The normalized spacial score (nSPS) is 17.2. The fourth-order valence-electron chi connectivity index (χ4n) is 3.03. The molecule has 1 saturated heterocycles. The van der Waals surface area contributed by atoms with E-state index in [1.807, 2.05) is 26.2 Å². The Labute approximate surface area is 161 Å². The van der Waals surface area contributed by atoms with Crippen LogP contribution in [0.2, 0.25) is 0 Å². The van der Waals surface area contributed by atoms with Crippen LogP contribution in [0.25, 0.3) is 0 Å². The Balaban J connectivity index is 1.70. The van der Waals surface area contributed by atoms with Crippen molar-refractivity contribution in [1.82, 2.24) is 4.90 Å². The summed E-state index contributed by atoms with van der Waals surface area (Å²) in [7, 11) is 4.10. The number of likely N-dealkylation sites (N-methyl/N-ethyl adjacent to an activating group) is 1. The monoisotopic (exact) mass is 453 g/mol. The number of halogens is 2. The van der Waals surface area contributed by atoms with Gasteiger partial charge in [-0.1, -0.05) is 0 Å². The van der Waals surface area contributed by atoms with Crippen molar-refractivity contribution < 1.29 is 9.18 Å². The number of hydrogen-bond donors (Lipinski definition) is 1. The molecule has 6 heteroatoms. The van der Waals surface area contributed by atoms with E-state index in [0.717, 1.165) is 23.1 Å². The fraction of sp³-hybridized carbons (Fsp3) is 0.316. The molecular weight excluding hydrogens is 432 g/mol. The molecule has 0 radical (unpaired) electrons. The van der Waals surface area contributed by atoms with Crippen LogP contribution >= 0.6 is 22.6 Å². The van der Waals surface area contributed by atoms with Gasteiger partial charge in [0, 0.05) is 34.0 Å². The Morgan fingerprint density at radius 3 is 2.56 bits per heavy atom. The Kier molecular flexibility index (Phi) is 5.58. The van der Waals surface area contributed by atoms with Gasteiger partial charge < -0.3 is 15.1 Å². The summed E-state index contributed by atoms with van der Waals surface area (Å²) in [6.07, 6.45) is 1.03. The van der Waals surface area contributed by atoms with Crippen LogP contribution in [-0.4, -0.2) is 44.0 Å². The van der Waals surface area contributed by atoms with Crippen molar-refractivity contribution in [3.63, 3.8) is 0 Å². The summed E-state index contributed by atoms with van der Waals surface area (Å²) < 4.78 is 15.6. The second-order valence-electron chi connectivity index (χ2n) is 6.48. The maximum Gasteiger partial charge on any atom is 0.255 e. The lowest BCUT2D eigenvalue weighted by molar-refractivity contribution is 0.102. The number of carbonyl (C=O) groups excluding carboxylic acids is 1. The second-order valence-corrected chi connectivity index (χ2v) is 7.72. The Morgan fingerprint density at radius 1 is 1.24 bits per heavy atom. The molecule has 1 aliphatic rings. The van der Waals surface area contributed by atoms with E-state index in [2.05, 4.69) is 37.7 Å². The van der Waals surface area contributed by atoms with Gasteiger partial charge in [0.2, 0.25) is 0 Å². The highest BCUT2D eigenvalue weighted by Gasteiger charge is 2.25. The largest absolute Gasteiger partial charge is 0.368 e. The van der Waals surface area contributed by atoms with E-state index < -0.39 is 0 Å². The quantitative estimate of drug-likeness (QED) is 0.716. The molecule has 0 bridgehead atoms. The third-order valence-corrected chi connectivity index (χ3v) is 5.27. The Bertz CT molecular complexity index is 764. The minimum absolute atomic E-state index is 0.239. The predicted molar refractivity (Wildman–Crippen MR) is 108 cm³/mol. The summed E-state index contributed by atoms with van der Waals surface area (Å²) in [4.78, 5) is 16.5. The van der Waals surface area contributed by atoms with E-state index in [4.69, 9.17) is 0 Å². The molecule has 2 aromatic carbocycles. The van der Waals surface area contributed by atoms with Gasteiger partial charge >= 0.3 is 0 Å². The molecule has 1 unspecified atom stereocenters. The number of amides is 1. The zero-order valence-corrected chi connectivity index (χ0v) is 16.5. The number of hydrogen-bond acceptors (Lipinski definition) is 3. The average molecular weight is 453 g/mol. The lowest BCUT2D eigenvalue weighted by Gasteiger charge is -2.22. The zero-order chi connectivity index (χ0) is 18.0. The molecule has 1 aliphatic heterocycles. The summed E-state index contributed by atoms with van der Waals surface area (Å²) >= 11 is 2.19. The van der Waals surface area contributed by atoms with Crippen molar-refractivity contribution in [2.75, 3.05) is 37.4 Å². The third kappa shape index (κ3) is 4.30. The molecule has 4 nitrogen and oxygen atoms in total. The van der Waals surface area contributed by atoms with Crippen LogP contribution in [0.1, 0.15) is 16.8 Å². The summed E-state index contributed by atoms with van der Waals surface area (Å²) in [6, 6.07) is 12.6. The van der Waals surface area contributed by atoms with Crippen LogP contribution in [0, 0.1) is 9.39 Å². The molecule has 1 atom stereocenters. The second kappa shape index (κ2) is 7.70. The van der Waals surface area contributed by atoms with Gasteiger partial charge in [0.25, 0.3) is 5.91 Å². The highest BCUT2D eigenvalue weighted by Crippen LogP contribution is 2.27. The molecule has 1 amide bonds. The van der Waals surface area contributed by atoms with Crippen LogP contribution in [0.15, 0.2) is 42.5 Å². The van der Waals surface area contributed by atoms with Gasteiger partial charge in [0.05, 0.1) is 5.69 Å². The first kappa shape index (κ1) is 18.1. The van der Waals surface area contributed by atoms with Gasteiger partial charge in [-0.3, -0.25) is 4.79 Å². The number of benzene rings is 2. The van der Waals surface area contributed by atoms with E-state index in [9.17, 15) is 9.18 Å². The molecule has 3 rings (SSSR count). The molecule has 25 heavy (non-hydrogen) atoms. The maximum absolute atomic E-state index is 14.5. The van der Waals surface area contributed by atoms with Crippen molar-refractivity contribution in [3.8, 4) is 0 Å². The van der Waals surface area contributed by atoms with Crippen LogP contribution in [0.4, 0.5) is 15.8 Å². The molecule has 0 spiro atoms. The molecule has 1 fully saturated rings. The van der Waals surface area contributed by atoms with Gasteiger partial charge in [-0.25, -0.2) is 4.39 Å². The number of nitrogens with one attached hydrogen (secondary N) is 1. The van der Waals surface area contributed by atoms with E-state index in [1.54, 1.807) is 24.3 Å². The molecular formula is C19H21FIN3O. The molecule has 2 aromatic rings. The van der Waals surface area contributed by atoms with E-state index >= 15 is 0 Å². The first-order chi connectivity index (χ1) is 11.9. The summed E-state index contributed by atoms with van der Waals surface area (Å²) in [5.74, 6) is -0.544. The smallest absolute Gasteiger partial charge is 0.255 e. The lowest BCUT2D eigenvalue weighted by Crippen LogP contribution is -2.31. The number of carbonyl (C=O) groups is 1. The first-order valence-corrected chi connectivity index (χ1v) is 9.30. The standard InChI is InChI=1S/C19H21FIN3O/c1-23(2)16-9-10-24(12-16)18-8-7-15(11-17(18)20)22-19(25)13-3-5-14(21)6-4-13/h3-8,11,16H,9-10,12H2,1-2H3,(H,22,25). The maximum atomic E-state index is 14.5. The molecule has 1 N–H and O–H groups in total. The van der Waals surface area contributed by atoms with Crippen LogP contribution < -0.4 is 10.2 Å². The summed E-state index contributed by atoms with van der Waals surface area (Å²) in [5, 5.41) is 2.76. The Morgan fingerprint density at radius 2 is 1.96 bits per heavy atom. The minimum Gasteiger partial charge on any atom is -0.368 e. The zero-order valence-electron chi connectivity index (χ0n) is 14.3. The van der Waals surface area contributed by atoms with Gasteiger partial charge in [-0.15, -0.1) is 0 Å². The SMILES string of the molecule is CN(C)C1CCN(c2ccc(NC(=O)c3ccc(I)cc3)cc2F)C1. The molecule has 0 aromatic heterocycles. The van der Waals surface area contributed by atoms with Crippen molar-refractivity contribution in [2.24, 2.45) is 0 Å². The molecule has 0 saturated carbocycles. The summed E-state index contributed by atoms with van der Waals surface area (Å²) in [6.45, 7) is 1.66. The summed E-state index contributed by atoms with van der Waals surface area (Å²) in [5.41, 5.74) is 1.61. The lowest BCUT2D eigenvalue weighted by atomic mass is 10.2. The third-order valence-electron chi connectivity index (χ3n) is 4.55. The average Bonchev–Trinajstić information content (AvgIpc) is 3.05. The minimum atomic E-state index is -0.306.